The van der Waals surface area contributed by atoms with E-state index in [4.69, 9.17) is 10.8 Å². The Morgan fingerprint density at radius 2 is 1.77 bits per heavy atom. The zero-order valence-electron chi connectivity index (χ0n) is 7.17. The lowest BCUT2D eigenvalue weighted by atomic mass is 10.0. The maximum absolute atomic E-state index is 12.7. The van der Waals surface area contributed by atoms with Crippen molar-refractivity contribution < 1.29 is 13.9 Å². The van der Waals surface area contributed by atoms with E-state index in [0.717, 1.165) is 6.92 Å². The summed E-state index contributed by atoms with van der Waals surface area (Å²) in [5.41, 5.74) is 5.60. The number of rotatable bonds is 2. The van der Waals surface area contributed by atoms with Crippen molar-refractivity contribution in [3.05, 3.63) is 29.8 Å². The van der Waals surface area contributed by atoms with Crippen LogP contribution in [-0.2, 0) is 0 Å². The van der Waals surface area contributed by atoms with E-state index in [0.29, 0.717) is 5.56 Å². The van der Waals surface area contributed by atoms with E-state index in [9.17, 15) is 8.78 Å². The Morgan fingerprint density at radius 1 is 1.31 bits per heavy atom. The van der Waals surface area contributed by atoms with E-state index >= 15 is 0 Å². The number of alkyl halides is 2. The molecule has 0 spiro atoms. The molecule has 0 amide bonds. The van der Waals surface area contributed by atoms with Gasteiger partial charge in [-0.1, -0.05) is 12.1 Å². The zero-order valence-corrected chi connectivity index (χ0v) is 7.17. The molecule has 0 saturated heterocycles. The van der Waals surface area contributed by atoms with Crippen LogP contribution in [-0.4, -0.2) is 11.0 Å². The normalized spacial score (nSPS) is 14.2. The van der Waals surface area contributed by atoms with Crippen molar-refractivity contribution in [3.8, 4) is 5.75 Å². The second-order valence-electron chi connectivity index (χ2n) is 3.03. The number of phenols is 1. The number of nitrogens with two attached hydrogens (primary N) is 1. The summed E-state index contributed by atoms with van der Waals surface area (Å²) in [5, 5.41) is 8.91. The van der Waals surface area contributed by atoms with Crippen molar-refractivity contribution in [1.29, 1.82) is 0 Å². The van der Waals surface area contributed by atoms with Gasteiger partial charge in [0.25, 0.3) is 5.92 Å². The van der Waals surface area contributed by atoms with Crippen LogP contribution in [0.2, 0.25) is 0 Å². The smallest absolute Gasteiger partial charge is 0.264 e. The SMILES string of the molecule is CC(F)(F)C(N)c1ccc(O)cc1. The number of hydrogen-bond acceptors (Lipinski definition) is 2. The molecule has 0 aliphatic carbocycles. The molecule has 1 atom stereocenters. The van der Waals surface area contributed by atoms with Crippen LogP contribution in [0.1, 0.15) is 18.5 Å². The van der Waals surface area contributed by atoms with Crippen LogP contribution >= 0.6 is 0 Å². The molecule has 0 radical (unpaired) electrons. The first-order valence-electron chi connectivity index (χ1n) is 3.83. The molecule has 72 valence electrons. The molecule has 1 unspecified atom stereocenters. The highest BCUT2D eigenvalue weighted by atomic mass is 19.3. The van der Waals surface area contributed by atoms with Crippen LogP contribution in [0.3, 0.4) is 0 Å². The predicted molar refractivity (Wildman–Crippen MR) is 45.7 cm³/mol. The van der Waals surface area contributed by atoms with Crippen molar-refractivity contribution in [2.24, 2.45) is 5.73 Å². The first kappa shape index (κ1) is 9.92. The van der Waals surface area contributed by atoms with Gasteiger partial charge in [0.2, 0.25) is 0 Å². The number of hydrogen-bond donors (Lipinski definition) is 2. The van der Waals surface area contributed by atoms with Crippen molar-refractivity contribution in [2.75, 3.05) is 0 Å². The molecule has 0 aliphatic heterocycles. The average molecular weight is 187 g/mol. The van der Waals surface area contributed by atoms with Crippen molar-refractivity contribution >= 4 is 0 Å². The monoisotopic (exact) mass is 187 g/mol. The van der Waals surface area contributed by atoms with Crippen molar-refractivity contribution in [3.63, 3.8) is 0 Å². The lowest BCUT2D eigenvalue weighted by Gasteiger charge is -2.19. The number of benzene rings is 1. The highest BCUT2D eigenvalue weighted by molar-refractivity contribution is 5.28. The molecule has 0 bridgehead atoms. The molecule has 0 aliphatic rings. The van der Waals surface area contributed by atoms with Crippen molar-refractivity contribution in [1.82, 2.24) is 0 Å². The second kappa shape index (κ2) is 3.30. The van der Waals surface area contributed by atoms with Crippen LogP contribution in [0.25, 0.3) is 0 Å². The third kappa shape index (κ3) is 2.39. The summed E-state index contributed by atoms with van der Waals surface area (Å²) in [5.74, 6) is -2.91. The van der Waals surface area contributed by atoms with Gasteiger partial charge in [0.1, 0.15) is 5.75 Å². The third-order valence-corrected chi connectivity index (χ3v) is 1.80. The van der Waals surface area contributed by atoms with E-state index in [2.05, 4.69) is 0 Å². The molecule has 1 aromatic carbocycles. The van der Waals surface area contributed by atoms with Gasteiger partial charge in [-0.05, 0) is 17.7 Å². The fourth-order valence-corrected chi connectivity index (χ4v) is 0.974. The Hall–Kier alpha value is -1.16. The standard InChI is InChI=1S/C9H11F2NO/c1-9(10,11)8(12)6-2-4-7(13)5-3-6/h2-5,8,13H,12H2,1H3. The fraction of sp³-hybridized carbons (Fsp3) is 0.333. The largest absolute Gasteiger partial charge is 0.508 e. The summed E-state index contributed by atoms with van der Waals surface area (Å²) in [6.45, 7) is 0.768. The Bertz CT molecular complexity index is 279. The van der Waals surface area contributed by atoms with Gasteiger partial charge in [-0.25, -0.2) is 8.78 Å². The number of halogens is 2. The molecule has 13 heavy (non-hydrogen) atoms. The minimum Gasteiger partial charge on any atom is -0.508 e. The molecule has 1 rings (SSSR count). The van der Waals surface area contributed by atoms with E-state index < -0.39 is 12.0 Å². The second-order valence-corrected chi connectivity index (χ2v) is 3.03. The molecule has 1 aromatic rings. The van der Waals surface area contributed by atoms with Gasteiger partial charge in [-0.3, -0.25) is 0 Å². The Kier molecular flexibility index (Phi) is 2.52. The van der Waals surface area contributed by atoms with Crippen LogP contribution < -0.4 is 5.73 Å². The van der Waals surface area contributed by atoms with Gasteiger partial charge in [-0.15, -0.1) is 0 Å². The lowest BCUT2D eigenvalue weighted by molar-refractivity contribution is -0.00620. The Balaban J connectivity index is 2.90. The maximum atomic E-state index is 12.7. The van der Waals surface area contributed by atoms with Crippen LogP contribution in [0.4, 0.5) is 8.78 Å². The highest BCUT2D eigenvalue weighted by Gasteiger charge is 2.31. The maximum Gasteiger partial charge on any atom is 0.264 e. The lowest BCUT2D eigenvalue weighted by Crippen LogP contribution is -2.29. The summed E-state index contributed by atoms with van der Waals surface area (Å²) in [6.07, 6.45) is 0. The molecule has 0 fully saturated rings. The van der Waals surface area contributed by atoms with Gasteiger partial charge < -0.3 is 10.8 Å². The minimum absolute atomic E-state index is 0.0374. The molecule has 0 aromatic heterocycles. The topological polar surface area (TPSA) is 46.2 Å². The Morgan fingerprint density at radius 3 is 2.15 bits per heavy atom. The summed E-state index contributed by atoms with van der Waals surface area (Å²) in [7, 11) is 0. The van der Waals surface area contributed by atoms with Crippen LogP contribution in [0.15, 0.2) is 24.3 Å². The van der Waals surface area contributed by atoms with Crippen molar-refractivity contribution in [2.45, 2.75) is 18.9 Å². The van der Waals surface area contributed by atoms with Crippen LogP contribution in [0.5, 0.6) is 5.75 Å². The summed E-state index contributed by atoms with van der Waals surface area (Å²) in [4.78, 5) is 0. The third-order valence-electron chi connectivity index (χ3n) is 1.80. The first-order valence-corrected chi connectivity index (χ1v) is 3.83. The van der Waals surface area contributed by atoms with E-state index in [1.165, 1.54) is 24.3 Å². The van der Waals surface area contributed by atoms with E-state index in [1.807, 2.05) is 0 Å². The van der Waals surface area contributed by atoms with E-state index in [-0.39, 0.29) is 5.75 Å². The molecule has 2 nitrogen and oxygen atoms in total. The molecular weight excluding hydrogens is 176 g/mol. The van der Waals surface area contributed by atoms with E-state index in [1.54, 1.807) is 0 Å². The fourth-order valence-electron chi connectivity index (χ4n) is 0.974. The highest BCUT2D eigenvalue weighted by Crippen LogP contribution is 2.28. The molecule has 0 heterocycles. The number of aromatic hydroxyl groups is 1. The quantitative estimate of drug-likeness (QED) is 0.744. The van der Waals surface area contributed by atoms with Gasteiger partial charge >= 0.3 is 0 Å². The average Bonchev–Trinajstić information content (AvgIpc) is 2.03. The summed E-state index contributed by atoms with van der Waals surface area (Å²) >= 11 is 0. The summed E-state index contributed by atoms with van der Waals surface area (Å²) < 4.78 is 25.4. The molecule has 4 heteroatoms. The van der Waals surface area contributed by atoms with Gasteiger partial charge in [0.05, 0.1) is 6.04 Å². The molecule has 0 saturated carbocycles. The van der Waals surface area contributed by atoms with Gasteiger partial charge in [0.15, 0.2) is 0 Å². The van der Waals surface area contributed by atoms with Crippen LogP contribution in [0, 0.1) is 0 Å². The van der Waals surface area contributed by atoms with Gasteiger partial charge in [-0.2, -0.15) is 0 Å². The predicted octanol–water partition coefficient (Wildman–Crippen LogP) is 2.05. The minimum atomic E-state index is -2.95. The Labute approximate surface area is 75.0 Å². The summed E-state index contributed by atoms with van der Waals surface area (Å²) in [6, 6.07) is 4.12. The first-order chi connectivity index (χ1) is 5.91. The molecular formula is C9H11F2NO. The number of phenolic OH excluding ortho intramolecular Hbond substituents is 1. The molecule has 3 N–H and O–H groups in total. The zero-order chi connectivity index (χ0) is 10.1. The van der Waals surface area contributed by atoms with Gasteiger partial charge in [0, 0.05) is 6.92 Å².